The Morgan fingerprint density at radius 2 is 2.06 bits per heavy atom. The minimum atomic E-state index is -0.406. The topological polar surface area (TPSA) is 29.5 Å². The fraction of sp³-hybridized carbons (Fsp3) is 0.571. The Labute approximate surface area is 112 Å². The zero-order valence-electron chi connectivity index (χ0n) is 10.7. The molecule has 2 nitrogen and oxygen atoms in total. The second-order valence-electron chi connectivity index (χ2n) is 4.37. The van der Waals surface area contributed by atoms with Crippen LogP contribution in [0, 0.1) is 5.92 Å². The van der Waals surface area contributed by atoms with E-state index in [1.807, 2.05) is 18.2 Å². The lowest BCUT2D eigenvalue weighted by Gasteiger charge is -2.18. The van der Waals surface area contributed by atoms with E-state index in [0.29, 0.717) is 6.61 Å². The summed E-state index contributed by atoms with van der Waals surface area (Å²) >= 11 is 3.48. The van der Waals surface area contributed by atoms with Crippen LogP contribution in [0.2, 0.25) is 0 Å². The molecule has 1 rings (SSSR count). The minimum absolute atomic E-state index is 0.268. The highest BCUT2D eigenvalue weighted by atomic mass is 79.9. The number of hydrogen-bond donors (Lipinski definition) is 1. The predicted octanol–water partition coefficient (Wildman–Crippen LogP) is 4.32. The first-order valence-electron chi connectivity index (χ1n) is 6.20. The molecule has 2 unspecified atom stereocenters. The van der Waals surface area contributed by atoms with Crippen LogP contribution in [0.15, 0.2) is 22.7 Å². The van der Waals surface area contributed by atoms with Crippen LogP contribution < -0.4 is 4.74 Å². The molecule has 0 aliphatic carbocycles. The molecule has 0 aliphatic heterocycles. The lowest BCUT2D eigenvalue weighted by atomic mass is 9.95. The van der Waals surface area contributed by atoms with Crippen LogP contribution in [0.3, 0.4) is 0 Å². The van der Waals surface area contributed by atoms with Crippen LogP contribution in [0.4, 0.5) is 0 Å². The van der Waals surface area contributed by atoms with Gasteiger partial charge in [-0.1, -0.05) is 33.3 Å². The summed E-state index contributed by atoms with van der Waals surface area (Å²) in [5, 5.41) is 10.1. The Balaban J connectivity index is 2.80. The van der Waals surface area contributed by atoms with Crippen molar-refractivity contribution in [2.75, 3.05) is 6.61 Å². The molecule has 0 heterocycles. The van der Waals surface area contributed by atoms with Gasteiger partial charge in [0.1, 0.15) is 5.75 Å². The Morgan fingerprint density at radius 3 is 2.59 bits per heavy atom. The summed E-state index contributed by atoms with van der Waals surface area (Å²) in [7, 11) is 0. The fourth-order valence-corrected chi connectivity index (χ4v) is 2.09. The third-order valence-corrected chi connectivity index (χ3v) is 3.56. The molecule has 0 bridgehead atoms. The number of hydrogen-bond acceptors (Lipinski definition) is 2. The van der Waals surface area contributed by atoms with Crippen LogP contribution in [0.1, 0.15) is 45.3 Å². The average molecular weight is 301 g/mol. The molecule has 96 valence electrons. The second kappa shape index (κ2) is 7.02. The highest BCUT2D eigenvalue weighted by molar-refractivity contribution is 9.10. The maximum absolute atomic E-state index is 10.1. The van der Waals surface area contributed by atoms with Crippen LogP contribution in [-0.2, 0) is 0 Å². The first-order valence-corrected chi connectivity index (χ1v) is 6.99. The van der Waals surface area contributed by atoms with E-state index < -0.39 is 6.10 Å². The van der Waals surface area contributed by atoms with Gasteiger partial charge in [-0.2, -0.15) is 0 Å². The van der Waals surface area contributed by atoms with Gasteiger partial charge in [-0.25, -0.2) is 0 Å². The molecular weight excluding hydrogens is 280 g/mol. The van der Waals surface area contributed by atoms with Crippen molar-refractivity contribution >= 4 is 15.9 Å². The van der Waals surface area contributed by atoms with Crippen molar-refractivity contribution in [3.05, 3.63) is 28.2 Å². The van der Waals surface area contributed by atoms with E-state index in [9.17, 15) is 5.11 Å². The van der Waals surface area contributed by atoms with E-state index in [1.165, 1.54) is 0 Å². The summed E-state index contributed by atoms with van der Waals surface area (Å²) in [5.74, 6) is 1.11. The Morgan fingerprint density at radius 1 is 1.35 bits per heavy atom. The van der Waals surface area contributed by atoms with Crippen LogP contribution in [0.25, 0.3) is 0 Å². The number of benzene rings is 1. The number of rotatable bonds is 6. The summed E-state index contributed by atoms with van der Waals surface area (Å²) in [6, 6.07) is 5.80. The van der Waals surface area contributed by atoms with Gasteiger partial charge in [0.05, 0.1) is 17.2 Å². The SMILES string of the molecule is CCCOc1ccc(C(O)C(C)CC)cc1Br. The highest BCUT2D eigenvalue weighted by Gasteiger charge is 2.15. The molecule has 1 N–H and O–H groups in total. The van der Waals surface area contributed by atoms with Gasteiger partial charge < -0.3 is 9.84 Å². The molecule has 1 aromatic carbocycles. The molecule has 0 amide bonds. The van der Waals surface area contributed by atoms with Crippen LogP contribution >= 0.6 is 15.9 Å². The van der Waals surface area contributed by atoms with Crippen molar-refractivity contribution in [1.82, 2.24) is 0 Å². The van der Waals surface area contributed by atoms with Gasteiger partial charge in [-0.3, -0.25) is 0 Å². The molecule has 0 aromatic heterocycles. The van der Waals surface area contributed by atoms with Crippen LogP contribution in [0.5, 0.6) is 5.75 Å². The van der Waals surface area contributed by atoms with E-state index in [0.717, 1.165) is 28.6 Å². The molecule has 17 heavy (non-hydrogen) atoms. The minimum Gasteiger partial charge on any atom is -0.492 e. The number of aliphatic hydroxyl groups excluding tert-OH is 1. The molecule has 0 saturated carbocycles. The van der Waals surface area contributed by atoms with Gasteiger partial charge in [-0.05, 0) is 46.0 Å². The monoisotopic (exact) mass is 300 g/mol. The van der Waals surface area contributed by atoms with Gasteiger partial charge in [0.25, 0.3) is 0 Å². The fourth-order valence-electron chi connectivity index (χ4n) is 1.58. The molecule has 1 aromatic rings. The van der Waals surface area contributed by atoms with E-state index in [2.05, 4.69) is 36.7 Å². The van der Waals surface area contributed by atoms with Crippen molar-refractivity contribution in [1.29, 1.82) is 0 Å². The second-order valence-corrected chi connectivity index (χ2v) is 5.22. The number of halogens is 1. The van der Waals surface area contributed by atoms with Crippen molar-refractivity contribution in [3.63, 3.8) is 0 Å². The molecular formula is C14H21BrO2. The maximum Gasteiger partial charge on any atom is 0.133 e. The van der Waals surface area contributed by atoms with E-state index in [-0.39, 0.29) is 5.92 Å². The zero-order chi connectivity index (χ0) is 12.8. The molecule has 0 aliphatic rings. The zero-order valence-corrected chi connectivity index (χ0v) is 12.3. The first kappa shape index (κ1) is 14.5. The Kier molecular flexibility index (Phi) is 6.00. The lowest BCUT2D eigenvalue weighted by Crippen LogP contribution is -2.08. The van der Waals surface area contributed by atoms with E-state index in [4.69, 9.17) is 4.74 Å². The summed E-state index contributed by atoms with van der Waals surface area (Å²) in [5.41, 5.74) is 0.940. The molecule has 3 heteroatoms. The standard InChI is InChI=1S/C14H21BrO2/c1-4-8-17-13-7-6-11(9-12(13)15)14(16)10(3)5-2/h6-7,9-10,14,16H,4-5,8H2,1-3H3. The largest absolute Gasteiger partial charge is 0.492 e. The summed E-state index contributed by atoms with van der Waals surface area (Å²) in [4.78, 5) is 0. The predicted molar refractivity (Wildman–Crippen MR) is 74.3 cm³/mol. The van der Waals surface area contributed by atoms with Crippen molar-refractivity contribution in [2.24, 2.45) is 5.92 Å². The van der Waals surface area contributed by atoms with Gasteiger partial charge in [0.15, 0.2) is 0 Å². The summed E-state index contributed by atoms with van der Waals surface area (Å²) in [6.45, 7) is 6.93. The Bertz CT molecular complexity index is 352. The molecule has 0 saturated heterocycles. The lowest BCUT2D eigenvalue weighted by molar-refractivity contribution is 0.115. The first-order chi connectivity index (χ1) is 8.10. The van der Waals surface area contributed by atoms with Gasteiger partial charge in [0, 0.05) is 0 Å². The van der Waals surface area contributed by atoms with E-state index >= 15 is 0 Å². The number of aliphatic hydroxyl groups is 1. The molecule has 0 radical (unpaired) electrons. The van der Waals surface area contributed by atoms with Crippen LogP contribution in [-0.4, -0.2) is 11.7 Å². The maximum atomic E-state index is 10.1. The Hall–Kier alpha value is -0.540. The van der Waals surface area contributed by atoms with Crippen molar-refractivity contribution < 1.29 is 9.84 Å². The number of ether oxygens (including phenoxy) is 1. The van der Waals surface area contributed by atoms with E-state index in [1.54, 1.807) is 0 Å². The normalized spacial score (nSPS) is 14.4. The third kappa shape index (κ3) is 4.00. The van der Waals surface area contributed by atoms with Gasteiger partial charge in [-0.15, -0.1) is 0 Å². The van der Waals surface area contributed by atoms with Crippen molar-refractivity contribution in [2.45, 2.75) is 39.7 Å². The quantitative estimate of drug-likeness (QED) is 0.848. The van der Waals surface area contributed by atoms with Gasteiger partial charge in [0.2, 0.25) is 0 Å². The van der Waals surface area contributed by atoms with Crippen molar-refractivity contribution in [3.8, 4) is 5.75 Å². The molecule has 2 atom stereocenters. The third-order valence-electron chi connectivity index (χ3n) is 2.94. The summed E-state index contributed by atoms with van der Waals surface area (Å²) in [6.07, 6.45) is 1.55. The molecule has 0 fully saturated rings. The average Bonchev–Trinajstić information content (AvgIpc) is 2.35. The highest BCUT2D eigenvalue weighted by Crippen LogP contribution is 2.31. The smallest absolute Gasteiger partial charge is 0.133 e. The van der Waals surface area contributed by atoms with Gasteiger partial charge >= 0.3 is 0 Å². The molecule has 0 spiro atoms. The summed E-state index contributed by atoms with van der Waals surface area (Å²) < 4.78 is 6.49.